The average Bonchev–Trinajstić information content (AvgIpc) is 3.06. The van der Waals surface area contributed by atoms with E-state index in [1.165, 1.54) is 69.7 Å². The van der Waals surface area contributed by atoms with Crippen LogP contribution in [0.25, 0.3) is 0 Å². The minimum absolute atomic E-state index is 0.0398. The molecule has 14 heteroatoms. The minimum atomic E-state index is -4.48. The second kappa shape index (κ2) is 16.6. The molecular formula is C32H39Cl2N3O8S. The van der Waals surface area contributed by atoms with Crippen molar-refractivity contribution in [2.75, 3.05) is 45.8 Å². The summed E-state index contributed by atoms with van der Waals surface area (Å²) >= 11 is 12.6. The normalized spacial score (nSPS) is 11.7. The summed E-state index contributed by atoms with van der Waals surface area (Å²) in [5.74, 6) is -0.0684. The number of ether oxygens (including phenoxy) is 4. The quantitative estimate of drug-likeness (QED) is 0.207. The Morgan fingerprint density at radius 1 is 0.848 bits per heavy atom. The smallest absolute Gasteiger partial charge is 0.265 e. The zero-order valence-electron chi connectivity index (χ0n) is 26.6. The first-order chi connectivity index (χ1) is 21.9. The highest BCUT2D eigenvalue weighted by Gasteiger charge is 2.35. The molecule has 0 radical (unpaired) electrons. The van der Waals surface area contributed by atoms with Gasteiger partial charge in [-0.15, -0.1) is 0 Å². The van der Waals surface area contributed by atoms with Crippen LogP contribution in [-0.2, 0) is 26.2 Å². The Labute approximate surface area is 280 Å². The first-order valence-corrected chi connectivity index (χ1v) is 16.6. The maximum absolute atomic E-state index is 14.4. The van der Waals surface area contributed by atoms with E-state index in [1.54, 1.807) is 25.1 Å². The fraction of sp³-hybridized carbons (Fsp3) is 0.375. The number of hydrogen-bond acceptors (Lipinski definition) is 8. The summed E-state index contributed by atoms with van der Waals surface area (Å²) in [6, 6.07) is 12.6. The molecule has 1 N–H and O–H groups in total. The SMILES string of the molecule is CCCNC(=O)C(CC)N(Cc1ccc(Cl)cc1Cl)C(=O)CN(c1cc(OC)ccc1OC)S(=O)(=O)c1ccc(OC)c(OC)c1. The summed E-state index contributed by atoms with van der Waals surface area (Å²) in [6.07, 6.45) is 0.934. The lowest BCUT2D eigenvalue weighted by Crippen LogP contribution is -2.52. The molecule has 0 saturated carbocycles. The molecule has 0 aromatic heterocycles. The number of nitrogens with one attached hydrogen (secondary N) is 1. The van der Waals surface area contributed by atoms with Crippen LogP contribution in [0.5, 0.6) is 23.0 Å². The summed E-state index contributed by atoms with van der Waals surface area (Å²) in [5, 5.41) is 3.53. The fourth-order valence-electron chi connectivity index (χ4n) is 4.73. The minimum Gasteiger partial charge on any atom is -0.497 e. The van der Waals surface area contributed by atoms with Crippen LogP contribution in [-0.4, -0.2) is 72.7 Å². The Hall–Kier alpha value is -3.87. The van der Waals surface area contributed by atoms with Gasteiger partial charge >= 0.3 is 0 Å². The maximum Gasteiger partial charge on any atom is 0.265 e. The Kier molecular flexibility index (Phi) is 13.2. The molecule has 11 nitrogen and oxygen atoms in total. The van der Waals surface area contributed by atoms with E-state index in [1.807, 2.05) is 6.92 Å². The standard InChI is InChI=1S/C32H39Cl2N3O8S/c1-7-15-35-32(39)26(8-2)36(19-21-9-10-22(33)16-25(21)34)31(38)20-37(27-17-23(42-3)11-13-28(27)43-4)46(40,41)24-12-14-29(44-5)30(18-24)45-6/h9-14,16-18,26H,7-8,15,19-20H2,1-6H3,(H,35,39). The van der Waals surface area contributed by atoms with Crippen LogP contribution in [0, 0.1) is 0 Å². The van der Waals surface area contributed by atoms with E-state index in [2.05, 4.69) is 5.32 Å². The van der Waals surface area contributed by atoms with Crippen molar-refractivity contribution >= 4 is 50.7 Å². The lowest BCUT2D eigenvalue weighted by molar-refractivity contribution is -0.140. The molecule has 3 aromatic carbocycles. The van der Waals surface area contributed by atoms with Gasteiger partial charge in [0.05, 0.1) is 39.0 Å². The number of amides is 2. The largest absolute Gasteiger partial charge is 0.497 e. The van der Waals surface area contributed by atoms with Crippen molar-refractivity contribution in [1.82, 2.24) is 10.2 Å². The van der Waals surface area contributed by atoms with Crippen molar-refractivity contribution in [2.24, 2.45) is 0 Å². The average molecular weight is 697 g/mol. The van der Waals surface area contributed by atoms with Crippen molar-refractivity contribution < 1.29 is 37.0 Å². The zero-order valence-corrected chi connectivity index (χ0v) is 29.0. The zero-order chi connectivity index (χ0) is 34.0. The van der Waals surface area contributed by atoms with Gasteiger partial charge in [0.25, 0.3) is 10.0 Å². The number of halogens is 2. The van der Waals surface area contributed by atoms with Gasteiger partial charge in [-0.05, 0) is 54.8 Å². The number of hydrogen-bond donors (Lipinski definition) is 1. The van der Waals surface area contributed by atoms with Gasteiger partial charge < -0.3 is 29.2 Å². The number of carbonyl (C=O) groups excluding carboxylic acids is 2. The molecule has 0 aliphatic heterocycles. The van der Waals surface area contributed by atoms with Crippen molar-refractivity contribution in [1.29, 1.82) is 0 Å². The number of rotatable bonds is 16. The van der Waals surface area contributed by atoms with E-state index < -0.39 is 28.5 Å². The Bertz CT molecular complexity index is 1640. The van der Waals surface area contributed by atoms with Crippen LogP contribution in [0.2, 0.25) is 10.0 Å². The molecule has 1 unspecified atom stereocenters. The van der Waals surface area contributed by atoms with Crippen LogP contribution in [0.15, 0.2) is 59.5 Å². The number of anilines is 1. The number of sulfonamides is 1. The van der Waals surface area contributed by atoms with Gasteiger partial charge in [0, 0.05) is 35.3 Å². The molecule has 3 rings (SSSR count). The molecule has 3 aromatic rings. The van der Waals surface area contributed by atoms with Gasteiger partial charge in [-0.3, -0.25) is 13.9 Å². The van der Waals surface area contributed by atoms with Crippen LogP contribution >= 0.6 is 23.2 Å². The Morgan fingerprint density at radius 2 is 1.52 bits per heavy atom. The highest BCUT2D eigenvalue weighted by molar-refractivity contribution is 7.92. The van der Waals surface area contributed by atoms with Gasteiger partial charge in [0.2, 0.25) is 11.8 Å². The lowest BCUT2D eigenvalue weighted by Gasteiger charge is -2.33. The number of benzene rings is 3. The number of nitrogens with zero attached hydrogens (tertiary/aromatic N) is 2. The molecule has 46 heavy (non-hydrogen) atoms. The molecular weight excluding hydrogens is 657 g/mol. The summed E-state index contributed by atoms with van der Waals surface area (Å²) in [6.45, 7) is 3.29. The van der Waals surface area contributed by atoms with E-state index >= 15 is 0 Å². The molecule has 0 saturated heterocycles. The Morgan fingerprint density at radius 3 is 2.11 bits per heavy atom. The third-order valence-electron chi connectivity index (χ3n) is 7.17. The summed E-state index contributed by atoms with van der Waals surface area (Å²) in [7, 11) is 1.15. The predicted octanol–water partition coefficient (Wildman–Crippen LogP) is 5.56. The summed E-state index contributed by atoms with van der Waals surface area (Å²) in [4.78, 5) is 28.9. The van der Waals surface area contributed by atoms with Gasteiger partial charge in [0.15, 0.2) is 11.5 Å². The van der Waals surface area contributed by atoms with Crippen LogP contribution in [0.3, 0.4) is 0 Å². The topological polar surface area (TPSA) is 124 Å². The predicted molar refractivity (Wildman–Crippen MR) is 178 cm³/mol. The molecule has 0 aliphatic carbocycles. The van der Waals surface area contributed by atoms with E-state index in [9.17, 15) is 18.0 Å². The van der Waals surface area contributed by atoms with Gasteiger partial charge in [-0.1, -0.05) is 43.1 Å². The third kappa shape index (κ3) is 8.48. The molecule has 0 spiro atoms. The highest BCUT2D eigenvalue weighted by Crippen LogP contribution is 2.38. The van der Waals surface area contributed by atoms with E-state index in [-0.39, 0.29) is 41.0 Å². The van der Waals surface area contributed by atoms with E-state index in [4.69, 9.17) is 42.1 Å². The number of methoxy groups -OCH3 is 4. The van der Waals surface area contributed by atoms with Crippen molar-refractivity contribution in [3.63, 3.8) is 0 Å². The van der Waals surface area contributed by atoms with Gasteiger partial charge in [0.1, 0.15) is 24.1 Å². The first-order valence-electron chi connectivity index (χ1n) is 14.4. The maximum atomic E-state index is 14.4. The molecule has 0 bridgehead atoms. The lowest BCUT2D eigenvalue weighted by atomic mass is 10.1. The molecule has 0 aliphatic rings. The van der Waals surface area contributed by atoms with Crippen LogP contribution < -0.4 is 28.6 Å². The van der Waals surface area contributed by atoms with E-state index in [0.717, 1.165) is 4.31 Å². The second-order valence-corrected chi connectivity index (χ2v) is 12.7. The molecule has 250 valence electrons. The fourth-order valence-corrected chi connectivity index (χ4v) is 6.63. The third-order valence-corrected chi connectivity index (χ3v) is 9.51. The molecule has 0 fully saturated rings. The van der Waals surface area contributed by atoms with Crippen LogP contribution in [0.1, 0.15) is 32.3 Å². The van der Waals surface area contributed by atoms with Gasteiger partial charge in [-0.2, -0.15) is 0 Å². The van der Waals surface area contributed by atoms with E-state index in [0.29, 0.717) is 40.1 Å². The second-order valence-electron chi connectivity index (χ2n) is 10.0. The highest BCUT2D eigenvalue weighted by atomic mass is 35.5. The first kappa shape index (κ1) is 36.6. The van der Waals surface area contributed by atoms with Crippen LogP contribution in [0.4, 0.5) is 5.69 Å². The monoisotopic (exact) mass is 695 g/mol. The summed E-state index contributed by atoms with van der Waals surface area (Å²) in [5.41, 5.74) is 0.562. The van der Waals surface area contributed by atoms with Crippen molar-refractivity contribution in [3.05, 3.63) is 70.2 Å². The molecule has 2 amide bonds. The Balaban J connectivity index is 2.21. The molecule has 0 heterocycles. The van der Waals surface area contributed by atoms with Gasteiger partial charge in [-0.25, -0.2) is 8.42 Å². The number of carbonyl (C=O) groups is 2. The molecule has 1 atom stereocenters. The van der Waals surface area contributed by atoms with Crippen molar-refractivity contribution in [3.8, 4) is 23.0 Å². The summed E-state index contributed by atoms with van der Waals surface area (Å²) < 4.78 is 51.3. The van der Waals surface area contributed by atoms with Crippen molar-refractivity contribution in [2.45, 2.75) is 44.2 Å².